The minimum absolute atomic E-state index is 0.521. The van der Waals surface area contributed by atoms with E-state index in [0.29, 0.717) is 0 Å². The molecule has 71 heavy (non-hydrogen) atoms. The Kier molecular flexibility index (Phi) is 9.47. The molecule has 0 unspecified atom stereocenters. The lowest BCUT2D eigenvalue weighted by Crippen LogP contribution is -2.28. The van der Waals surface area contributed by atoms with Gasteiger partial charge in [-0.05, 0) is 115 Å². The Morgan fingerprint density at radius 3 is 1.54 bits per heavy atom. The van der Waals surface area contributed by atoms with E-state index in [-0.39, 0.29) is 0 Å². The van der Waals surface area contributed by atoms with Gasteiger partial charge < -0.3 is 9.47 Å². The highest BCUT2D eigenvalue weighted by Gasteiger charge is 2.47. The van der Waals surface area contributed by atoms with E-state index in [0.717, 1.165) is 33.9 Å². The van der Waals surface area contributed by atoms with Gasteiger partial charge in [0, 0.05) is 38.8 Å². The van der Waals surface area contributed by atoms with Crippen LogP contribution in [0.4, 0.5) is 17.1 Å². The van der Waals surface area contributed by atoms with Crippen LogP contribution in [0.25, 0.3) is 82.4 Å². The third-order valence-electron chi connectivity index (χ3n) is 15.0. The summed E-state index contributed by atoms with van der Waals surface area (Å²) >= 11 is 0. The normalized spacial score (nSPS) is 12.6. The molecule has 1 aromatic heterocycles. The molecular weight excluding hydrogens is 857 g/mol. The maximum absolute atomic E-state index is 2.55. The van der Waals surface area contributed by atoms with E-state index in [1.54, 1.807) is 0 Å². The van der Waals surface area contributed by atoms with Gasteiger partial charge in [0.05, 0.1) is 22.1 Å². The van der Waals surface area contributed by atoms with Gasteiger partial charge in [0.25, 0.3) is 0 Å². The van der Waals surface area contributed by atoms with Gasteiger partial charge in [-0.15, -0.1) is 0 Å². The van der Waals surface area contributed by atoms with Crippen LogP contribution in [0.1, 0.15) is 22.3 Å². The quantitative estimate of drug-likeness (QED) is 0.147. The molecule has 12 aromatic carbocycles. The first-order valence-corrected chi connectivity index (χ1v) is 24.6. The Morgan fingerprint density at radius 2 is 0.845 bits per heavy atom. The molecular formula is C69H46N2. The van der Waals surface area contributed by atoms with Crippen LogP contribution in [0.3, 0.4) is 0 Å². The van der Waals surface area contributed by atoms with Crippen molar-refractivity contribution in [2.75, 3.05) is 4.90 Å². The van der Waals surface area contributed by atoms with Crippen LogP contribution in [-0.2, 0) is 5.41 Å². The summed E-state index contributed by atoms with van der Waals surface area (Å²) in [5, 5.41) is 7.41. The maximum atomic E-state index is 2.55. The first-order chi connectivity index (χ1) is 35.3. The molecule has 1 aliphatic rings. The third-order valence-corrected chi connectivity index (χ3v) is 15.0. The van der Waals surface area contributed by atoms with Crippen molar-refractivity contribution in [1.82, 2.24) is 4.57 Å². The van der Waals surface area contributed by atoms with E-state index in [2.05, 4.69) is 289 Å². The van der Waals surface area contributed by atoms with Gasteiger partial charge in [-0.3, -0.25) is 0 Å². The Hall–Kier alpha value is -9.24. The smallest absolute Gasteiger partial charge is 0.0713 e. The highest BCUT2D eigenvalue weighted by molar-refractivity contribution is 6.19. The van der Waals surface area contributed by atoms with Gasteiger partial charge in [-0.25, -0.2) is 0 Å². The number of aromatic nitrogens is 1. The maximum Gasteiger partial charge on any atom is 0.0713 e. The molecule has 0 radical (unpaired) electrons. The van der Waals surface area contributed by atoms with E-state index in [1.807, 2.05) is 0 Å². The van der Waals surface area contributed by atoms with Crippen LogP contribution in [0.5, 0.6) is 0 Å². The lowest BCUT2D eigenvalue weighted by atomic mass is 9.67. The largest absolute Gasteiger partial charge is 0.310 e. The average molecular weight is 903 g/mol. The van der Waals surface area contributed by atoms with E-state index in [4.69, 9.17) is 0 Å². The standard InChI is InChI=1S/C69H46N2/c1-5-23-50(24-6-1)69(51-25-7-2-8-26-51)63-44-40-54(46-62(63)67-56-32-15-13-21-47(56)39-43-64(67)69)71-66-45-49(38-41-60(66)61-42-37-48-22-14-16-33-57(48)68(61)71)55-31-17-18-34-58(55)59-35-19-20-36-65(59)70(52-27-9-3-10-28-52)53-29-11-4-12-30-53/h1-46H. The lowest BCUT2D eigenvalue weighted by Gasteiger charge is -2.34. The van der Waals surface area contributed by atoms with Crippen LogP contribution in [0.2, 0.25) is 0 Å². The molecule has 0 saturated heterocycles. The highest BCUT2D eigenvalue weighted by atomic mass is 15.1. The minimum atomic E-state index is -0.521. The number of rotatable bonds is 8. The Balaban J connectivity index is 1.03. The third kappa shape index (κ3) is 6.28. The van der Waals surface area contributed by atoms with E-state index in [9.17, 15) is 0 Å². The zero-order valence-electron chi connectivity index (χ0n) is 39.0. The van der Waals surface area contributed by atoms with Crippen molar-refractivity contribution in [2.45, 2.75) is 5.41 Å². The monoisotopic (exact) mass is 902 g/mol. The molecule has 0 spiro atoms. The van der Waals surface area contributed by atoms with Crippen molar-refractivity contribution in [3.63, 3.8) is 0 Å². The number of hydrogen-bond donors (Lipinski definition) is 0. The first-order valence-electron chi connectivity index (χ1n) is 24.6. The van der Waals surface area contributed by atoms with E-state index >= 15 is 0 Å². The number of para-hydroxylation sites is 3. The zero-order chi connectivity index (χ0) is 46.9. The molecule has 0 N–H and O–H groups in total. The van der Waals surface area contributed by atoms with Gasteiger partial charge in [-0.1, -0.05) is 231 Å². The minimum Gasteiger partial charge on any atom is -0.310 e. The summed E-state index contributed by atoms with van der Waals surface area (Å²) in [6.07, 6.45) is 0. The van der Waals surface area contributed by atoms with Crippen LogP contribution in [0, 0.1) is 0 Å². The second kappa shape index (κ2) is 16.5. The van der Waals surface area contributed by atoms with Gasteiger partial charge in [0.2, 0.25) is 0 Å². The second-order valence-electron chi connectivity index (χ2n) is 18.7. The summed E-state index contributed by atoms with van der Waals surface area (Å²) in [6, 6.07) is 103. The topological polar surface area (TPSA) is 8.17 Å². The predicted octanol–water partition coefficient (Wildman–Crippen LogP) is 18.3. The van der Waals surface area contributed by atoms with Crippen molar-refractivity contribution in [3.8, 4) is 39.1 Å². The average Bonchev–Trinajstić information content (AvgIpc) is 3.95. The van der Waals surface area contributed by atoms with Crippen molar-refractivity contribution in [1.29, 1.82) is 0 Å². The lowest BCUT2D eigenvalue weighted by molar-refractivity contribution is 0.769. The number of nitrogens with zero attached hydrogens (tertiary/aromatic N) is 2. The molecule has 0 fully saturated rings. The fourth-order valence-corrected chi connectivity index (χ4v) is 12.1. The molecule has 14 rings (SSSR count). The van der Waals surface area contributed by atoms with E-state index < -0.39 is 5.41 Å². The van der Waals surface area contributed by atoms with Crippen molar-refractivity contribution in [2.24, 2.45) is 0 Å². The number of benzene rings is 12. The Morgan fingerprint density at radius 1 is 0.324 bits per heavy atom. The van der Waals surface area contributed by atoms with Gasteiger partial charge in [0.1, 0.15) is 0 Å². The van der Waals surface area contributed by atoms with E-state index in [1.165, 1.54) is 87.9 Å². The molecule has 13 aromatic rings. The Labute approximate surface area is 413 Å². The SMILES string of the molecule is c1ccc(N(c2ccccc2)c2ccccc2-c2ccccc2-c2ccc3c4ccc5ccccc5c4n(-c4ccc5c(c4)-c4c(ccc6ccccc46)C5(c4ccccc4)c4ccccc4)c3c2)cc1. The molecule has 1 aliphatic carbocycles. The first kappa shape index (κ1) is 40.8. The van der Waals surface area contributed by atoms with Crippen LogP contribution in [0.15, 0.2) is 279 Å². The summed E-state index contributed by atoms with van der Waals surface area (Å²) in [6.45, 7) is 0. The van der Waals surface area contributed by atoms with Crippen LogP contribution < -0.4 is 4.90 Å². The molecule has 332 valence electrons. The number of hydrogen-bond acceptors (Lipinski definition) is 1. The van der Waals surface area contributed by atoms with Crippen molar-refractivity contribution < 1.29 is 0 Å². The number of anilines is 3. The fourth-order valence-electron chi connectivity index (χ4n) is 12.1. The van der Waals surface area contributed by atoms with Crippen molar-refractivity contribution in [3.05, 3.63) is 301 Å². The highest BCUT2D eigenvalue weighted by Crippen LogP contribution is 2.58. The molecule has 2 nitrogen and oxygen atoms in total. The Bertz CT molecular complexity index is 4080. The van der Waals surface area contributed by atoms with Gasteiger partial charge in [-0.2, -0.15) is 0 Å². The second-order valence-corrected chi connectivity index (χ2v) is 18.7. The molecule has 0 atom stereocenters. The van der Waals surface area contributed by atoms with Crippen LogP contribution >= 0.6 is 0 Å². The van der Waals surface area contributed by atoms with Crippen LogP contribution in [-0.4, -0.2) is 4.57 Å². The van der Waals surface area contributed by atoms with Gasteiger partial charge >= 0.3 is 0 Å². The molecule has 0 saturated carbocycles. The summed E-state index contributed by atoms with van der Waals surface area (Å²) < 4.78 is 2.55. The summed E-state index contributed by atoms with van der Waals surface area (Å²) in [4.78, 5) is 2.37. The molecule has 1 heterocycles. The fraction of sp³-hybridized carbons (Fsp3) is 0.0145. The summed E-state index contributed by atoms with van der Waals surface area (Å²) in [5.74, 6) is 0. The van der Waals surface area contributed by atoms with Crippen molar-refractivity contribution >= 4 is 60.4 Å². The molecule has 0 aliphatic heterocycles. The molecule has 0 amide bonds. The predicted molar refractivity (Wildman–Crippen MR) is 299 cm³/mol. The zero-order valence-corrected chi connectivity index (χ0v) is 39.0. The molecule has 0 bridgehead atoms. The summed E-state index contributed by atoms with van der Waals surface area (Å²) in [7, 11) is 0. The molecule has 2 heteroatoms. The summed E-state index contributed by atoms with van der Waals surface area (Å²) in [5.41, 5.74) is 18.7. The number of fused-ring (bicyclic) bond motifs is 10. The van der Waals surface area contributed by atoms with Gasteiger partial charge in [0.15, 0.2) is 0 Å².